The maximum absolute atomic E-state index is 13.6. The van der Waals surface area contributed by atoms with E-state index in [1.54, 1.807) is 19.2 Å². The highest BCUT2D eigenvalue weighted by molar-refractivity contribution is 5.93. The molecular weight excluding hydrogens is 297 g/mol. The van der Waals surface area contributed by atoms with Gasteiger partial charge in [-0.1, -0.05) is 18.2 Å². The first-order valence-corrected chi connectivity index (χ1v) is 7.10. The zero-order chi connectivity index (χ0) is 16.7. The van der Waals surface area contributed by atoms with Crippen molar-refractivity contribution in [3.63, 3.8) is 0 Å². The van der Waals surface area contributed by atoms with Crippen LogP contribution in [0.1, 0.15) is 11.1 Å². The van der Waals surface area contributed by atoms with Gasteiger partial charge in [0.05, 0.1) is 25.9 Å². The number of hydrogen-bond acceptors (Lipinski definition) is 3. The number of halogens is 1. The number of nitrogens with one attached hydrogen (secondary N) is 1. The molecule has 122 valence electrons. The van der Waals surface area contributed by atoms with Gasteiger partial charge in [0, 0.05) is 12.7 Å². The Morgan fingerprint density at radius 2 is 2.00 bits per heavy atom. The van der Waals surface area contributed by atoms with Gasteiger partial charge in [0.2, 0.25) is 0 Å². The highest BCUT2D eigenvalue weighted by atomic mass is 19.1. The van der Waals surface area contributed by atoms with Gasteiger partial charge in [0.15, 0.2) is 5.96 Å². The minimum Gasteiger partial charge on any atom is -0.495 e. The van der Waals surface area contributed by atoms with Gasteiger partial charge in [-0.15, -0.1) is 0 Å². The second-order valence-electron chi connectivity index (χ2n) is 4.89. The molecule has 0 aliphatic heterocycles. The molecule has 2 rings (SSSR count). The fraction of sp³-hybridized carbons (Fsp3) is 0.235. The van der Waals surface area contributed by atoms with E-state index in [0.29, 0.717) is 17.9 Å². The quantitative estimate of drug-likeness (QED) is 0.635. The summed E-state index contributed by atoms with van der Waals surface area (Å²) in [6.45, 7) is 0.559. The number of rotatable bonds is 6. The lowest BCUT2D eigenvalue weighted by Crippen LogP contribution is -2.22. The molecule has 0 radical (unpaired) electrons. The summed E-state index contributed by atoms with van der Waals surface area (Å²) in [7, 11) is 3.11. The molecule has 0 aliphatic carbocycles. The second kappa shape index (κ2) is 8.14. The highest BCUT2D eigenvalue weighted by Crippen LogP contribution is 2.22. The van der Waals surface area contributed by atoms with Crippen molar-refractivity contribution in [3.05, 3.63) is 59.4 Å². The Kier molecular flexibility index (Phi) is 5.94. The van der Waals surface area contributed by atoms with E-state index in [0.717, 1.165) is 11.3 Å². The standard InChI is InChI=1S/C17H20FN3O2/c1-22-11-13-9-12(7-8-14(13)18)10-20-17(19)21-15-5-3-4-6-16(15)23-2/h3-9H,10-11H2,1-2H3,(H3,19,20,21). The molecule has 0 fully saturated rings. The Morgan fingerprint density at radius 3 is 2.74 bits per heavy atom. The monoisotopic (exact) mass is 317 g/mol. The normalized spacial score (nSPS) is 11.3. The maximum Gasteiger partial charge on any atom is 0.193 e. The Balaban J connectivity index is 2.06. The van der Waals surface area contributed by atoms with Crippen LogP contribution in [0.5, 0.6) is 5.75 Å². The SMILES string of the molecule is COCc1cc(CN=C(N)Nc2ccccc2OC)ccc1F. The molecule has 0 bridgehead atoms. The average Bonchev–Trinajstić information content (AvgIpc) is 2.56. The molecule has 0 saturated carbocycles. The first-order chi connectivity index (χ1) is 11.1. The van der Waals surface area contributed by atoms with Gasteiger partial charge in [-0.05, 0) is 29.8 Å². The fourth-order valence-corrected chi connectivity index (χ4v) is 2.09. The van der Waals surface area contributed by atoms with Crippen molar-refractivity contribution in [1.29, 1.82) is 0 Å². The van der Waals surface area contributed by atoms with Gasteiger partial charge >= 0.3 is 0 Å². The van der Waals surface area contributed by atoms with E-state index >= 15 is 0 Å². The number of ether oxygens (including phenoxy) is 2. The molecule has 0 heterocycles. The Labute approximate surface area is 134 Å². The Morgan fingerprint density at radius 1 is 1.22 bits per heavy atom. The van der Waals surface area contributed by atoms with Gasteiger partial charge in [-0.3, -0.25) is 0 Å². The molecule has 0 atom stereocenters. The summed E-state index contributed by atoms with van der Waals surface area (Å²) in [4.78, 5) is 4.26. The van der Waals surface area contributed by atoms with Crippen LogP contribution in [-0.4, -0.2) is 20.2 Å². The minimum absolute atomic E-state index is 0.221. The van der Waals surface area contributed by atoms with Crippen molar-refractivity contribution < 1.29 is 13.9 Å². The van der Waals surface area contributed by atoms with E-state index < -0.39 is 0 Å². The van der Waals surface area contributed by atoms with Gasteiger partial charge in [-0.25, -0.2) is 9.38 Å². The summed E-state index contributed by atoms with van der Waals surface area (Å²) in [5, 5.41) is 2.99. The third kappa shape index (κ3) is 4.69. The lowest BCUT2D eigenvalue weighted by molar-refractivity contribution is 0.181. The number of hydrogen-bond donors (Lipinski definition) is 2. The third-order valence-electron chi connectivity index (χ3n) is 3.21. The van der Waals surface area contributed by atoms with E-state index in [1.165, 1.54) is 13.2 Å². The first-order valence-electron chi connectivity index (χ1n) is 7.10. The van der Waals surface area contributed by atoms with Crippen molar-refractivity contribution in [2.75, 3.05) is 19.5 Å². The van der Waals surface area contributed by atoms with Crippen LogP contribution in [0.4, 0.5) is 10.1 Å². The average molecular weight is 317 g/mol. The number of aliphatic imine (C=N–C) groups is 1. The summed E-state index contributed by atoms with van der Waals surface area (Å²) in [6, 6.07) is 12.2. The molecule has 0 aromatic heterocycles. The molecule has 2 aromatic carbocycles. The van der Waals surface area contributed by atoms with E-state index in [9.17, 15) is 4.39 Å². The van der Waals surface area contributed by atoms with Crippen LogP contribution in [0.15, 0.2) is 47.5 Å². The summed E-state index contributed by atoms with van der Waals surface area (Å²) < 4.78 is 23.8. The summed E-state index contributed by atoms with van der Waals surface area (Å²) >= 11 is 0. The molecule has 0 saturated heterocycles. The molecule has 5 nitrogen and oxygen atoms in total. The third-order valence-corrected chi connectivity index (χ3v) is 3.21. The Hall–Kier alpha value is -2.60. The van der Waals surface area contributed by atoms with Crippen LogP contribution < -0.4 is 15.8 Å². The predicted octanol–water partition coefficient (Wildman–Crippen LogP) is 2.91. The molecule has 2 aromatic rings. The molecule has 23 heavy (non-hydrogen) atoms. The molecule has 0 aliphatic rings. The zero-order valence-electron chi connectivity index (χ0n) is 13.2. The Bertz CT molecular complexity index is 689. The van der Waals surface area contributed by atoms with Gasteiger partial charge in [0.1, 0.15) is 11.6 Å². The van der Waals surface area contributed by atoms with Crippen molar-refractivity contribution in [2.45, 2.75) is 13.2 Å². The summed E-state index contributed by atoms with van der Waals surface area (Å²) in [5.41, 5.74) is 7.97. The number of anilines is 1. The van der Waals surface area contributed by atoms with Crippen LogP contribution in [0.2, 0.25) is 0 Å². The second-order valence-corrected chi connectivity index (χ2v) is 4.89. The van der Waals surface area contributed by atoms with E-state index in [2.05, 4.69) is 10.3 Å². The molecule has 3 N–H and O–H groups in total. The van der Waals surface area contributed by atoms with Crippen LogP contribution in [0, 0.1) is 5.82 Å². The number of benzene rings is 2. The number of guanidine groups is 1. The van der Waals surface area contributed by atoms with Crippen molar-refractivity contribution >= 4 is 11.6 Å². The maximum atomic E-state index is 13.6. The van der Waals surface area contributed by atoms with E-state index in [1.807, 2.05) is 24.3 Å². The summed E-state index contributed by atoms with van der Waals surface area (Å²) in [6.07, 6.45) is 0. The number of para-hydroxylation sites is 2. The van der Waals surface area contributed by atoms with Gasteiger partial charge in [0.25, 0.3) is 0 Å². The minimum atomic E-state index is -0.292. The molecular formula is C17H20FN3O2. The smallest absolute Gasteiger partial charge is 0.193 e. The van der Waals surface area contributed by atoms with Gasteiger partial charge in [-0.2, -0.15) is 0 Å². The first kappa shape index (κ1) is 16.8. The lowest BCUT2D eigenvalue weighted by Gasteiger charge is -2.10. The highest BCUT2D eigenvalue weighted by Gasteiger charge is 2.05. The van der Waals surface area contributed by atoms with Crippen molar-refractivity contribution in [3.8, 4) is 5.75 Å². The van der Waals surface area contributed by atoms with Crippen molar-refractivity contribution in [1.82, 2.24) is 0 Å². The molecule has 0 spiro atoms. The topological polar surface area (TPSA) is 68.9 Å². The van der Waals surface area contributed by atoms with Gasteiger partial charge < -0.3 is 20.5 Å². The molecule has 6 heteroatoms. The van der Waals surface area contributed by atoms with Crippen LogP contribution in [-0.2, 0) is 17.9 Å². The van der Waals surface area contributed by atoms with Crippen molar-refractivity contribution in [2.24, 2.45) is 10.7 Å². The van der Waals surface area contributed by atoms with E-state index in [-0.39, 0.29) is 18.4 Å². The predicted molar refractivity (Wildman–Crippen MR) is 89.1 cm³/mol. The number of nitrogens with zero attached hydrogens (tertiary/aromatic N) is 1. The fourth-order valence-electron chi connectivity index (χ4n) is 2.09. The summed E-state index contributed by atoms with van der Waals surface area (Å²) in [5.74, 6) is 0.640. The van der Waals surface area contributed by atoms with E-state index in [4.69, 9.17) is 15.2 Å². The molecule has 0 amide bonds. The van der Waals surface area contributed by atoms with Crippen LogP contribution >= 0.6 is 0 Å². The molecule has 0 unspecified atom stereocenters. The largest absolute Gasteiger partial charge is 0.495 e. The van der Waals surface area contributed by atoms with Crippen LogP contribution in [0.25, 0.3) is 0 Å². The number of nitrogens with two attached hydrogens (primary N) is 1. The lowest BCUT2D eigenvalue weighted by atomic mass is 10.1. The number of methoxy groups -OCH3 is 2. The zero-order valence-corrected chi connectivity index (χ0v) is 13.2. The van der Waals surface area contributed by atoms with Crippen LogP contribution in [0.3, 0.4) is 0 Å².